The molecule has 2 N–H and O–H groups in total. The van der Waals surface area contributed by atoms with Crippen LogP contribution in [0.3, 0.4) is 0 Å². The lowest BCUT2D eigenvalue weighted by Crippen LogP contribution is -2.38. The van der Waals surface area contributed by atoms with Crippen molar-refractivity contribution >= 4 is 5.96 Å². The Morgan fingerprint density at radius 1 is 0.879 bits per heavy atom. The van der Waals surface area contributed by atoms with Gasteiger partial charge in [0, 0.05) is 30.6 Å². The molecular weight excluding hydrogens is 421 g/mol. The minimum Gasteiger partial charge on any atom is -0.444 e. The van der Waals surface area contributed by atoms with E-state index in [4.69, 9.17) is 8.83 Å². The molecule has 4 rings (SSSR count). The molecule has 0 unspecified atom stereocenters. The van der Waals surface area contributed by atoms with Gasteiger partial charge in [-0.2, -0.15) is 0 Å². The van der Waals surface area contributed by atoms with E-state index in [0.29, 0.717) is 37.3 Å². The van der Waals surface area contributed by atoms with Crippen LogP contribution in [0.15, 0.2) is 74.9 Å². The lowest BCUT2D eigenvalue weighted by molar-refractivity contribution is 0.571. The Labute approximate surface area is 191 Å². The summed E-state index contributed by atoms with van der Waals surface area (Å²) < 4.78 is 24.2. The Morgan fingerprint density at radius 3 is 2.15 bits per heavy atom. The van der Waals surface area contributed by atoms with Gasteiger partial charge in [-0.15, -0.1) is 0 Å². The Hall–Kier alpha value is -3.94. The lowest BCUT2D eigenvalue weighted by atomic mass is 10.1. The van der Waals surface area contributed by atoms with E-state index < -0.39 is 0 Å². The molecule has 4 aromatic rings. The fourth-order valence-corrected chi connectivity index (χ4v) is 3.17. The number of hydrogen-bond acceptors (Lipinski definition) is 5. The second-order valence-electron chi connectivity index (χ2n) is 7.53. The third-order valence-electron chi connectivity index (χ3n) is 4.91. The minimum absolute atomic E-state index is 0.290. The number of nitrogens with zero attached hydrogens (tertiary/aromatic N) is 3. The third kappa shape index (κ3) is 6.06. The van der Waals surface area contributed by atoms with E-state index in [0.717, 1.165) is 29.1 Å². The first kappa shape index (κ1) is 22.3. The topological polar surface area (TPSA) is 88.5 Å². The average molecular weight is 448 g/mol. The highest BCUT2D eigenvalue weighted by Crippen LogP contribution is 2.20. The molecule has 7 nitrogen and oxygen atoms in total. The van der Waals surface area contributed by atoms with Gasteiger partial charge in [0.05, 0.1) is 12.2 Å². The predicted octanol–water partition coefficient (Wildman–Crippen LogP) is 4.74. The largest absolute Gasteiger partial charge is 0.444 e. The van der Waals surface area contributed by atoms with E-state index in [1.165, 1.54) is 17.7 Å². The number of aromatic nitrogens is 2. The van der Waals surface area contributed by atoms with E-state index in [1.54, 1.807) is 24.7 Å². The molecule has 0 saturated carbocycles. The van der Waals surface area contributed by atoms with Crippen molar-refractivity contribution in [1.82, 2.24) is 20.6 Å². The van der Waals surface area contributed by atoms with Crippen LogP contribution in [0.1, 0.15) is 23.9 Å². The smallest absolute Gasteiger partial charge is 0.226 e. The van der Waals surface area contributed by atoms with Crippen molar-refractivity contribution in [2.45, 2.75) is 26.8 Å². The van der Waals surface area contributed by atoms with Crippen molar-refractivity contribution in [3.05, 3.63) is 83.8 Å². The van der Waals surface area contributed by atoms with Gasteiger partial charge in [0.1, 0.15) is 24.0 Å². The van der Waals surface area contributed by atoms with Crippen LogP contribution in [0.2, 0.25) is 0 Å². The normalized spacial score (nSPS) is 11.5. The Kier molecular flexibility index (Phi) is 7.14. The fraction of sp³-hybridized carbons (Fsp3) is 0.240. The first-order chi connectivity index (χ1) is 16.1. The number of halogens is 1. The van der Waals surface area contributed by atoms with Gasteiger partial charge in [-0.3, -0.25) is 0 Å². The zero-order valence-electron chi connectivity index (χ0n) is 18.6. The second-order valence-corrected chi connectivity index (χ2v) is 7.53. The molecule has 0 fully saturated rings. The molecular formula is C25H26FN5O2. The zero-order valence-corrected chi connectivity index (χ0v) is 18.6. The van der Waals surface area contributed by atoms with Gasteiger partial charge in [0.25, 0.3) is 0 Å². The van der Waals surface area contributed by atoms with Gasteiger partial charge >= 0.3 is 0 Å². The quantitative estimate of drug-likeness (QED) is 0.300. The molecule has 0 saturated heterocycles. The number of benzene rings is 2. The summed E-state index contributed by atoms with van der Waals surface area (Å²) in [7, 11) is 0. The summed E-state index contributed by atoms with van der Waals surface area (Å²) in [6.45, 7) is 5.80. The Morgan fingerprint density at radius 2 is 1.48 bits per heavy atom. The highest BCUT2D eigenvalue weighted by molar-refractivity contribution is 5.79. The van der Waals surface area contributed by atoms with Gasteiger partial charge in [0.2, 0.25) is 11.8 Å². The molecule has 0 bridgehead atoms. The minimum atomic E-state index is -0.290. The number of rotatable bonds is 8. The molecule has 0 radical (unpaired) electrons. The third-order valence-corrected chi connectivity index (χ3v) is 4.91. The maximum atomic E-state index is 13.1. The SMILES string of the molecule is CCNC(=NCc1coc(-c2ccc(C)cc2)n1)NCCc1coc(-c2ccc(F)cc2)n1. The summed E-state index contributed by atoms with van der Waals surface area (Å²) in [4.78, 5) is 13.6. The van der Waals surface area contributed by atoms with Gasteiger partial charge in [-0.25, -0.2) is 19.4 Å². The molecule has 33 heavy (non-hydrogen) atoms. The highest BCUT2D eigenvalue weighted by Gasteiger charge is 2.09. The van der Waals surface area contributed by atoms with E-state index in [1.807, 2.05) is 38.1 Å². The molecule has 170 valence electrons. The molecule has 0 amide bonds. The van der Waals surface area contributed by atoms with E-state index in [2.05, 4.69) is 25.6 Å². The predicted molar refractivity (Wildman–Crippen MR) is 125 cm³/mol. The molecule has 2 aromatic heterocycles. The molecule has 2 aromatic carbocycles. The van der Waals surface area contributed by atoms with Crippen LogP contribution in [0, 0.1) is 12.7 Å². The van der Waals surface area contributed by atoms with E-state index >= 15 is 0 Å². The van der Waals surface area contributed by atoms with Crippen molar-refractivity contribution in [1.29, 1.82) is 0 Å². The van der Waals surface area contributed by atoms with Crippen LogP contribution in [-0.2, 0) is 13.0 Å². The average Bonchev–Trinajstić information content (AvgIpc) is 3.49. The zero-order chi connectivity index (χ0) is 23.0. The number of oxazole rings is 2. The monoisotopic (exact) mass is 447 g/mol. The lowest BCUT2D eigenvalue weighted by Gasteiger charge is -2.10. The maximum Gasteiger partial charge on any atom is 0.226 e. The summed E-state index contributed by atoms with van der Waals surface area (Å²) in [5.41, 5.74) is 4.42. The number of aliphatic imine (C=N–C) groups is 1. The Balaban J connectivity index is 1.32. The van der Waals surface area contributed by atoms with Gasteiger partial charge in [0.15, 0.2) is 5.96 Å². The first-order valence-electron chi connectivity index (χ1n) is 10.8. The summed E-state index contributed by atoms with van der Waals surface area (Å²) in [5, 5.41) is 6.51. The molecule has 0 spiro atoms. The number of guanidine groups is 1. The summed E-state index contributed by atoms with van der Waals surface area (Å²) in [6.07, 6.45) is 3.90. The molecule has 2 heterocycles. The maximum absolute atomic E-state index is 13.1. The van der Waals surface area contributed by atoms with Gasteiger partial charge < -0.3 is 19.5 Å². The summed E-state index contributed by atoms with van der Waals surface area (Å²) in [5.74, 6) is 1.45. The number of aryl methyl sites for hydroxylation is 1. The molecule has 0 atom stereocenters. The van der Waals surface area contributed by atoms with Gasteiger partial charge in [-0.05, 0) is 50.2 Å². The molecule has 8 heteroatoms. The van der Waals surface area contributed by atoms with Crippen LogP contribution in [-0.4, -0.2) is 29.0 Å². The fourth-order valence-electron chi connectivity index (χ4n) is 3.17. The van der Waals surface area contributed by atoms with E-state index in [-0.39, 0.29) is 5.82 Å². The van der Waals surface area contributed by atoms with Crippen LogP contribution in [0.5, 0.6) is 0 Å². The first-order valence-corrected chi connectivity index (χ1v) is 10.8. The van der Waals surface area contributed by atoms with Crippen LogP contribution >= 0.6 is 0 Å². The molecule has 0 aliphatic rings. The summed E-state index contributed by atoms with van der Waals surface area (Å²) >= 11 is 0. The van der Waals surface area contributed by atoms with Crippen LogP contribution in [0.4, 0.5) is 4.39 Å². The van der Waals surface area contributed by atoms with Crippen molar-refractivity contribution in [2.75, 3.05) is 13.1 Å². The number of hydrogen-bond donors (Lipinski definition) is 2. The molecule has 0 aliphatic carbocycles. The number of nitrogens with one attached hydrogen (secondary N) is 2. The van der Waals surface area contributed by atoms with Gasteiger partial charge in [-0.1, -0.05) is 17.7 Å². The van der Waals surface area contributed by atoms with Crippen LogP contribution in [0.25, 0.3) is 22.9 Å². The Bertz CT molecular complexity index is 1200. The highest BCUT2D eigenvalue weighted by atomic mass is 19.1. The van der Waals surface area contributed by atoms with E-state index in [9.17, 15) is 4.39 Å². The van der Waals surface area contributed by atoms with Crippen molar-refractivity contribution in [2.24, 2.45) is 4.99 Å². The molecule has 0 aliphatic heterocycles. The van der Waals surface area contributed by atoms with Crippen molar-refractivity contribution < 1.29 is 13.2 Å². The standard InChI is InChI=1S/C25H26FN5O2/c1-3-27-25(29-14-22-16-33-24(31-22)18-6-4-17(2)5-7-18)28-13-12-21-15-32-23(30-21)19-8-10-20(26)11-9-19/h4-11,15-16H,3,12-14H2,1-2H3,(H2,27,28,29). The van der Waals surface area contributed by atoms with Crippen LogP contribution < -0.4 is 10.6 Å². The summed E-state index contributed by atoms with van der Waals surface area (Å²) in [6, 6.07) is 14.1. The van der Waals surface area contributed by atoms with Crippen molar-refractivity contribution in [3.8, 4) is 22.9 Å². The van der Waals surface area contributed by atoms with Crippen molar-refractivity contribution in [3.63, 3.8) is 0 Å². The second kappa shape index (κ2) is 10.6.